The zero-order valence-electron chi connectivity index (χ0n) is 7.75. The Hall–Kier alpha value is -0.380. The Morgan fingerprint density at radius 1 is 1.21 bits per heavy atom. The van der Waals surface area contributed by atoms with Gasteiger partial charge < -0.3 is 9.47 Å². The minimum Gasteiger partial charge on any atom is -0.343 e. The smallest absolute Gasteiger partial charge is 0.195 e. The fourth-order valence-electron chi connectivity index (χ4n) is 2.31. The molecule has 1 heterocycles. The highest BCUT2D eigenvalue weighted by Crippen LogP contribution is 2.44. The van der Waals surface area contributed by atoms with Crippen molar-refractivity contribution in [2.24, 2.45) is 0 Å². The van der Waals surface area contributed by atoms with E-state index in [1.54, 1.807) is 0 Å². The number of hydrogen-bond acceptors (Lipinski definition) is 2. The fourth-order valence-corrected chi connectivity index (χ4v) is 2.67. The lowest BCUT2D eigenvalue weighted by Crippen LogP contribution is -2.23. The van der Waals surface area contributed by atoms with E-state index in [1.807, 2.05) is 0 Å². The molecule has 14 heavy (non-hydrogen) atoms. The number of ether oxygens (including phenoxy) is 2. The van der Waals surface area contributed by atoms with Gasteiger partial charge in [-0.1, -0.05) is 22.0 Å². The maximum absolute atomic E-state index is 5.74. The van der Waals surface area contributed by atoms with Gasteiger partial charge in [0.2, 0.25) is 0 Å². The van der Waals surface area contributed by atoms with Crippen molar-refractivity contribution in [2.45, 2.75) is 18.6 Å². The van der Waals surface area contributed by atoms with Crippen molar-refractivity contribution in [1.82, 2.24) is 0 Å². The minimum atomic E-state index is -0.418. The standard InChI is InChI=1S/C11H11BrO2/c12-9-2-1-8-3-4-11(10(8)7-9)13-5-6-14-11/h1-2,7H,3-6H2. The average molecular weight is 255 g/mol. The lowest BCUT2D eigenvalue weighted by molar-refractivity contribution is -0.163. The molecule has 74 valence electrons. The monoisotopic (exact) mass is 254 g/mol. The van der Waals surface area contributed by atoms with Crippen LogP contribution in [0.4, 0.5) is 0 Å². The minimum absolute atomic E-state index is 0.418. The molecule has 1 aromatic rings. The molecule has 0 N–H and O–H groups in total. The van der Waals surface area contributed by atoms with Crippen molar-refractivity contribution in [3.63, 3.8) is 0 Å². The van der Waals surface area contributed by atoms with Crippen LogP contribution in [-0.2, 0) is 21.7 Å². The number of halogens is 1. The van der Waals surface area contributed by atoms with Gasteiger partial charge in [-0.2, -0.15) is 0 Å². The molecule has 1 saturated heterocycles. The van der Waals surface area contributed by atoms with E-state index in [4.69, 9.17) is 9.47 Å². The predicted molar refractivity (Wildman–Crippen MR) is 56.0 cm³/mol. The molecule has 0 aromatic heterocycles. The lowest BCUT2D eigenvalue weighted by atomic mass is 10.1. The molecule has 1 fully saturated rings. The van der Waals surface area contributed by atoms with Gasteiger partial charge in [-0.15, -0.1) is 0 Å². The maximum Gasteiger partial charge on any atom is 0.195 e. The van der Waals surface area contributed by atoms with Gasteiger partial charge in [0, 0.05) is 16.5 Å². The van der Waals surface area contributed by atoms with Gasteiger partial charge >= 0.3 is 0 Å². The van der Waals surface area contributed by atoms with E-state index in [-0.39, 0.29) is 0 Å². The van der Waals surface area contributed by atoms with Crippen molar-refractivity contribution >= 4 is 15.9 Å². The molecule has 1 aliphatic carbocycles. The molecule has 0 atom stereocenters. The molecule has 0 radical (unpaired) electrons. The predicted octanol–water partition coefficient (Wildman–Crippen LogP) is 2.59. The van der Waals surface area contributed by atoms with E-state index in [1.165, 1.54) is 11.1 Å². The Labute approximate surface area is 91.3 Å². The van der Waals surface area contributed by atoms with E-state index < -0.39 is 5.79 Å². The summed E-state index contributed by atoms with van der Waals surface area (Å²) in [4.78, 5) is 0. The normalized spacial score (nSPS) is 22.9. The Morgan fingerprint density at radius 3 is 2.79 bits per heavy atom. The summed E-state index contributed by atoms with van der Waals surface area (Å²) in [5.74, 6) is -0.418. The van der Waals surface area contributed by atoms with Crippen LogP contribution >= 0.6 is 15.9 Å². The van der Waals surface area contributed by atoms with Crippen LogP contribution < -0.4 is 0 Å². The zero-order chi connectivity index (χ0) is 9.60. The second kappa shape index (κ2) is 3.05. The van der Waals surface area contributed by atoms with Crippen molar-refractivity contribution in [3.05, 3.63) is 33.8 Å². The van der Waals surface area contributed by atoms with Crippen LogP contribution in [0.15, 0.2) is 22.7 Å². The third kappa shape index (κ3) is 1.16. The van der Waals surface area contributed by atoms with E-state index in [9.17, 15) is 0 Å². The first-order valence-electron chi connectivity index (χ1n) is 4.87. The first-order chi connectivity index (χ1) is 6.80. The molecule has 1 aliphatic heterocycles. The number of fused-ring (bicyclic) bond motifs is 2. The van der Waals surface area contributed by atoms with E-state index in [0.29, 0.717) is 13.2 Å². The summed E-state index contributed by atoms with van der Waals surface area (Å²) in [5.41, 5.74) is 2.57. The van der Waals surface area contributed by atoms with Crippen molar-refractivity contribution in [3.8, 4) is 0 Å². The molecular weight excluding hydrogens is 244 g/mol. The fraction of sp³-hybridized carbons (Fsp3) is 0.455. The number of hydrogen-bond donors (Lipinski definition) is 0. The van der Waals surface area contributed by atoms with Crippen molar-refractivity contribution in [2.75, 3.05) is 13.2 Å². The van der Waals surface area contributed by atoms with Crippen LogP contribution in [-0.4, -0.2) is 13.2 Å². The first-order valence-corrected chi connectivity index (χ1v) is 5.66. The van der Waals surface area contributed by atoms with Gasteiger partial charge in [0.05, 0.1) is 13.2 Å². The SMILES string of the molecule is Brc1ccc2c(c1)C1(CC2)OCCO1. The van der Waals surface area contributed by atoms with Gasteiger partial charge in [0.15, 0.2) is 5.79 Å². The van der Waals surface area contributed by atoms with Crippen LogP contribution in [0.5, 0.6) is 0 Å². The molecule has 3 heteroatoms. The summed E-state index contributed by atoms with van der Waals surface area (Å²) >= 11 is 3.48. The van der Waals surface area contributed by atoms with Crippen LogP contribution in [0.2, 0.25) is 0 Å². The van der Waals surface area contributed by atoms with Crippen molar-refractivity contribution < 1.29 is 9.47 Å². The number of rotatable bonds is 0. The largest absolute Gasteiger partial charge is 0.343 e. The average Bonchev–Trinajstić information content (AvgIpc) is 2.77. The highest BCUT2D eigenvalue weighted by atomic mass is 79.9. The topological polar surface area (TPSA) is 18.5 Å². The Kier molecular flexibility index (Phi) is 1.94. The molecule has 0 saturated carbocycles. The summed E-state index contributed by atoms with van der Waals surface area (Å²) in [6.07, 6.45) is 2.02. The molecule has 0 amide bonds. The van der Waals surface area contributed by atoms with E-state index in [0.717, 1.165) is 17.3 Å². The third-order valence-corrected chi connectivity index (χ3v) is 3.45. The summed E-state index contributed by atoms with van der Waals surface area (Å²) in [6, 6.07) is 6.35. The maximum atomic E-state index is 5.74. The van der Waals surface area contributed by atoms with Gasteiger partial charge in [0.1, 0.15) is 0 Å². The molecule has 3 rings (SSSR count). The van der Waals surface area contributed by atoms with Gasteiger partial charge in [-0.05, 0) is 24.1 Å². The Balaban J connectivity index is 2.12. The van der Waals surface area contributed by atoms with E-state index >= 15 is 0 Å². The molecule has 1 spiro atoms. The molecule has 2 aliphatic rings. The van der Waals surface area contributed by atoms with Gasteiger partial charge in [-0.3, -0.25) is 0 Å². The number of benzene rings is 1. The zero-order valence-corrected chi connectivity index (χ0v) is 9.34. The van der Waals surface area contributed by atoms with Crippen LogP contribution in [0.3, 0.4) is 0 Å². The van der Waals surface area contributed by atoms with Gasteiger partial charge in [0.25, 0.3) is 0 Å². The molecule has 0 unspecified atom stereocenters. The summed E-state index contributed by atoms with van der Waals surface area (Å²) in [7, 11) is 0. The molecule has 2 nitrogen and oxygen atoms in total. The summed E-state index contributed by atoms with van der Waals surface area (Å²) in [6.45, 7) is 1.43. The molecular formula is C11H11BrO2. The van der Waals surface area contributed by atoms with Crippen molar-refractivity contribution in [1.29, 1.82) is 0 Å². The van der Waals surface area contributed by atoms with E-state index in [2.05, 4.69) is 34.1 Å². The van der Waals surface area contributed by atoms with Crippen LogP contribution in [0, 0.1) is 0 Å². The van der Waals surface area contributed by atoms with Crippen LogP contribution in [0.25, 0.3) is 0 Å². The van der Waals surface area contributed by atoms with Gasteiger partial charge in [-0.25, -0.2) is 0 Å². The quantitative estimate of drug-likeness (QED) is 0.709. The lowest BCUT2D eigenvalue weighted by Gasteiger charge is -2.22. The molecule has 1 aromatic carbocycles. The summed E-state index contributed by atoms with van der Waals surface area (Å²) < 4.78 is 12.6. The first kappa shape index (κ1) is 8.89. The Morgan fingerprint density at radius 2 is 2.00 bits per heavy atom. The third-order valence-electron chi connectivity index (χ3n) is 2.96. The highest BCUT2D eigenvalue weighted by molar-refractivity contribution is 9.10. The number of aryl methyl sites for hydroxylation is 1. The Bertz CT molecular complexity index is 370. The highest BCUT2D eigenvalue weighted by Gasteiger charge is 2.43. The summed E-state index contributed by atoms with van der Waals surface area (Å²) in [5, 5.41) is 0. The molecule has 0 bridgehead atoms. The van der Waals surface area contributed by atoms with Crippen LogP contribution in [0.1, 0.15) is 17.5 Å². The second-order valence-corrected chi connectivity index (χ2v) is 4.67. The second-order valence-electron chi connectivity index (χ2n) is 3.75.